The topological polar surface area (TPSA) is 58.0 Å². The van der Waals surface area contributed by atoms with Gasteiger partial charge in [0, 0.05) is 11.1 Å². The van der Waals surface area contributed by atoms with Crippen LogP contribution in [0.15, 0.2) is 18.2 Å². The molecule has 0 saturated carbocycles. The third kappa shape index (κ3) is 3.75. The van der Waals surface area contributed by atoms with Gasteiger partial charge in [-0.05, 0) is 39.3 Å². The molecule has 0 bridgehead atoms. The summed E-state index contributed by atoms with van der Waals surface area (Å²) in [5.74, 6) is 0.294. The molecule has 102 valence electrons. The Kier molecular flexibility index (Phi) is 3.87. The maximum Gasteiger partial charge on any atom is 0.147 e. The minimum absolute atomic E-state index is 0.0635. The number of aromatic nitrogens is 2. The first-order chi connectivity index (χ1) is 8.85. The average molecular weight is 277 g/mol. The van der Waals surface area contributed by atoms with Crippen molar-refractivity contribution >= 4 is 11.3 Å². The summed E-state index contributed by atoms with van der Waals surface area (Å²) in [5.41, 5.74) is 1.83. The maximum atomic E-state index is 9.72. The van der Waals surface area contributed by atoms with Gasteiger partial charge in [0.05, 0.1) is 6.54 Å². The molecule has 0 atom stereocenters. The van der Waals surface area contributed by atoms with Crippen molar-refractivity contribution in [1.82, 2.24) is 15.5 Å². The smallest absolute Gasteiger partial charge is 0.147 e. The van der Waals surface area contributed by atoms with E-state index in [1.165, 1.54) is 0 Å². The summed E-state index contributed by atoms with van der Waals surface area (Å²) in [5, 5.41) is 23.2. The molecule has 0 unspecified atom stereocenters. The number of aryl methyl sites for hydroxylation is 1. The van der Waals surface area contributed by atoms with Crippen LogP contribution in [0.4, 0.5) is 0 Å². The van der Waals surface area contributed by atoms with Gasteiger partial charge in [-0.1, -0.05) is 23.5 Å². The molecule has 2 N–H and O–H groups in total. The van der Waals surface area contributed by atoms with Crippen LogP contribution in [0, 0.1) is 6.92 Å². The standard InChI is InChI=1S/C14H19N3OS/c1-9-5-6-10(7-11(9)18)13-17-16-12(19-13)8-15-14(2,3)4/h5-7,15,18H,8H2,1-4H3. The molecule has 1 aromatic heterocycles. The highest BCUT2D eigenvalue weighted by atomic mass is 32.1. The van der Waals surface area contributed by atoms with Crippen LogP contribution >= 0.6 is 11.3 Å². The fourth-order valence-electron chi connectivity index (χ4n) is 1.52. The summed E-state index contributed by atoms with van der Waals surface area (Å²) in [7, 11) is 0. The molecule has 1 aromatic carbocycles. The van der Waals surface area contributed by atoms with Crippen LogP contribution in [0.2, 0.25) is 0 Å². The van der Waals surface area contributed by atoms with Crippen LogP contribution < -0.4 is 5.32 Å². The lowest BCUT2D eigenvalue weighted by atomic mass is 10.1. The Morgan fingerprint density at radius 3 is 2.63 bits per heavy atom. The van der Waals surface area contributed by atoms with Gasteiger partial charge in [-0.15, -0.1) is 10.2 Å². The van der Waals surface area contributed by atoms with Crippen molar-refractivity contribution in [2.75, 3.05) is 0 Å². The van der Waals surface area contributed by atoms with Crippen molar-refractivity contribution in [3.8, 4) is 16.3 Å². The second-order valence-corrected chi connectivity index (χ2v) is 6.67. The number of rotatable bonds is 3. The number of nitrogens with one attached hydrogen (secondary N) is 1. The van der Waals surface area contributed by atoms with E-state index >= 15 is 0 Å². The van der Waals surface area contributed by atoms with Crippen LogP contribution in [0.3, 0.4) is 0 Å². The van der Waals surface area contributed by atoms with E-state index < -0.39 is 0 Å². The zero-order valence-corrected chi connectivity index (χ0v) is 12.5. The molecule has 4 nitrogen and oxygen atoms in total. The zero-order chi connectivity index (χ0) is 14.0. The van der Waals surface area contributed by atoms with E-state index in [9.17, 15) is 5.11 Å². The summed E-state index contributed by atoms with van der Waals surface area (Å²) in [6.07, 6.45) is 0. The van der Waals surface area contributed by atoms with Gasteiger partial charge in [-0.3, -0.25) is 0 Å². The molecule has 19 heavy (non-hydrogen) atoms. The average Bonchev–Trinajstić information content (AvgIpc) is 2.78. The lowest BCUT2D eigenvalue weighted by molar-refractivity contribution is 0.423. The van der Waals surface area contributed by atoms with Crippen molar-refractivity contribution in [3.05, 3.63) is 28.8 Å². The molecular weight excluding hydrogens is 258 g/mol. The van der Waals surface area contributed by atoms with Crippen molar-refractivity contribution in [1.29, 1.82) is 0 Å². The van der Waals surface area contributed by atoms with Gasteiger partial charge < -0.3 is 10.4 Å². The van der Waals surface area contributed by atoms with Gasteiger partial charge in [0.15, 0.2) is 0 Å². The molecule has 0 spiro atoms. The Morgan fingerprint density at radius 2 is 2.00 bits per heavy atom. The summed E-state index contributed by atoms with van der Waals surface area (Å²) in [4.78, 5) is 0. The van der Waals surface area contributed by atoms with Gasteiger partial charge in [0.1, 0.15) is 15.8 Å². The van der Waals surface area contributed by atoms with Gasteiger partial charge in [-0.2, -0.15) is 0 Å². The van der Waals surface area contributed by atoms with Gasteiger partial charge >= 0.3 is 0 Å². The van der Waals surface area contributed by atoms with Crippen LogP contribution in [-0.4, -0.2) is 20.8 Å². The number of hydrogen-bond donors (Lipinski definition) is 2. The molecule has 2 aromatic rings. The van der Waals surface area contributed by atoms with Gasteiger partial charge in [0.25, 0.3) is 0 Å². The van der Waals surface area contributed by atoms with Crippen molar-refractivity contribution < 1.29 is 5.11 Å². The minimum atomic E-state index is 0.0635. The third-order valence-corrected chi connectivity index (χ3v) is 3.67. The Labute approximate surface area is 117 Å². The summed E-state index contributed by atoms with van der Waals surface area (Å²) < 4.78 is 0. The van der Waals surface area contributed by atoms with E-state index in [1.807, 2.05) is 19.1 Å². The fourth-order valence-corrected chi connectivity index (χ4v) is 2.30. The molecule has 2 rings (SSSR count). The lowest BCUT2D eigenvalue weighted by Crippen LogP contribution is -2.35. The number of nitrogens with zero attached hydrogens (tertiary/aromatic N) is 2. The number of aromatic hydroxyl groups is 1. The molecule has 0 saturated heterocycles. The van der Waals surface area contributed by atoms with E-state index in [0.29, 0.717) is 12.3 Å². The van der Waals surface area contributed by atoms with E-state index in [1.54, 1.807) is 17.4 Å². The van der Waals surface area contributed by atoms with E-state index in [4.69, 9.17) is 0 Å². The van der Waals surface area contributed by atoms with Crippen LogP contribution in [0.1, 0.15) is 31.3 Å². The lowest BCUT2D eigenvalue weighted by Gasteiger charge is -2.19. The summed E-state index contributed by atoms with van der Waals surface area (Å²) in [6.45, 7) is 8.93. The number of hydrogen-bond acceptors (Lipinski definition) is 5. The second kappa shape index (κ2) is 5.27. The highest BCUT2D eigenvalue weighted by Gasteiger charge is 2.12. The third-order valence-electron chi connectivity index (χ3n) is 2.69. The monoisotopic (exact) mass is 277 g/mol. The molecule has 0 fully saturated rings. The maximum absolute atomic E-state index is 9.72. The largest absolute Gasteiger partial charge is 0.508 e. The predicted octanol–water partition coefficient (Wildman–Crippen LogP) is 3.11. The van der Waals surface area contributed by atoms with Gasteiger partial charge in [-0.25, -0.2) is 0 Å². The molecular formula is C14H19N3OS. The van der Waals surface area contributed by atoms with Gasteiger partial charge in [0.2, 0.25) is 0 Å². The Hall–Kier alpha value is -1.46. The van der Waals surface area contributed by atoms with E-state index in [-0.39, 0.29) is 5.54 Å². The quantitative estimate of drug-likeness (QED) is 0.905. The molecule has 0 amide bonds. The number of phenols is 1. The van der Waals surface area contributed by atoms with E-state index in [2.05, 4.69) is 36.3 Å². The first kappa shape index (κ1) is 14.0. The zero-order valence-electron chi connectivity index (χ0n) is 11.7. The number of phenolic OH excluding ortho intramolecular Hbond substituents is 1. The van der Waals surface area contributed by atoms with Crippen molar-refractivity contribution in [2.45, 2.75) is 39.8 Å². The summed E-state index contributed by atoms with van der Waals surface area (Å²) >= 11 is 1.55. The highest BCUT2D eigenvalue weighted by molar-refractivity contribution is 7.14. The highest BCUT2D eigenvalue weighted by Crippen LogP contribution is 2.28. The second-order valence-electron chi connectivity index (χ2n) is 5.61. The molecule has 5 heteroatoms. The Morgan fingerprint density at radius 1 is 1.26 bits per heavy atom. The Bertz CT molecular complexity index is 572. The molecule has 0 aliphatic heterocycles. The van der Waals surface area contributed by atoms with Crippen LogP contribution in [0.5, 0.6) is 5.75 Å². The molecule has 0 aliphatic carbocycles. The first-order valence-corrected chi connectivity index (χ1v) is 7.04. The predicted molar refractivity (Wildman–Crippen MR) is 78.3 cm³/mol. The van der Waals surface area contributed by atoms with Crippen LogP contribution in [-0.2, 0) is 6.54 Å². The first-order valence-electron chi connectivity index (χ1n) is 6.22. The normalized spacial score (nSPS) is 11.8. The molecule has 0 aliphatic rings. The van der Waals surface area contributed by atoms with Crippen molar-refractivity contribution in [3.63, 3.8) is 0 Å². The van der Waals surface area contributed by atoms with Crippen molar-refractivity contribution in [2.24, 2.45) is 0 Å². The molecule has 0 radical (unpaired) electrons. The minimum Gasteiger partial charge on any atom is -0.508 e. The fraction of sp³-hybridized carbons (Fsp3) is 0.429. The summed E-state index contributed by atoms with van der Waals surface area (Å²) in [6, 6.07) is 5.58. The van der Waals surface area contributed by atoms with Crippen LogP contribution in [0.25, 0.3) is 10.6 Å². The molecule has 1 heterocycles. The Balaban J connectivity index is 2.14. The van der Waals surface area contributed by atoms with E-state index in [0.717, 1.165) is 21.1 Å². The SMILES string of the molecule is Cc1ccc(-c2nnc(CNC(C)(C)C)s2)cc1O. The number of benzene rings is 1.